The molecule has 2 amide bonds. The maximum Gasteiger partial charge on any atom is 0.455 e. The van der Waals surface area contributed by atoms with Crippen LogP contribution in [0.5, 0.6) is 5.75 Å². The number of aliphatic hydroxyl groups is 1. The Morgan fingerprint density at radius 1 is 1.16 bits per heavy atom. The van der Waals surface area contributed by atoms with E-state index >= 15 is 0 Å². The van der Waals surface area contributed by atoms with Gasteiger partial charge in [-0.1, -0.05) is 52.7 Å². The number of nitrogens with zero attached hydrogens (tertiary/aromatic N) is 1. The summed E-state index contributed by atoms with van der Waals surface area (Å²) in [6.45, 7) is 1.82. The third-order valence-electron chi connectivity index (χ3n) is 8.04. The van der Waals surface area contributed by atoms with Crippen molar-refractivity contribution in [3.05, 3.63) is 75.3 Å². The number of anilines is 1. The van der Waals surface area contributed by atoms with Crippen molar-refractivity contribution in [1.29, 1.82) is 0 Å². The lowest BCUT2D eigenvalue weighted by Gasteiger charge is -2.43. The van der Waals surface area contributed by atoms with Gasteiger partial charge in [-0.25, -0.2) is 0 Å². The van der Waals surface area contributed by atoms with Crippen molar-refractivity contribution in [2.24, 2.45) is 17.8 Å². The molecule has 2 fully saturated rings. The predicted octanol–water partition coefficient (Wildman–Crippen LogP) is 4.72. The van der Waals surface area contributed by atoms with Gasteiger partial charge in [0, 0.05) is 10.0 Å². The minimum absolute atomic E-state index is 0.194. The summed E-state index contributed by atoms with van der Waals surface area (Å²) in [6.07, 6.45) is 3.95. The molecule has 0 radical (unpaired) electrons. The molecule has 0 aromatic heterocycles. The molecule has 0 spiro atoms. The molecule has 0 saturated carbocycles. The number of halogens is 1. The molecular formula is C29H31BBrNO6. The molecule has 9 heteroatoms. The number of allylic oxidation sites excluding steroid dienone is 1. The van der Waals surface area contributed by atoms with Crippen LogP contribution in [0.15, 0.2) is 69.7 Å². The second kappa shape index (κ2) is 11.2. The number of aromatic hydroxyl groups is 1. The van der Waals surface area contributed by atoms with E-state index in [1.54, 1.807) is 36.4 Å². The Hall–Kier alpha value is -2.72. The first-order chi connectivity index (χ1) is 18.3. The quantitative estimate of drug-likeness (QED) is 0.249. The normalized spacial score (nSPS) is 25.6. The van der Waals surface area contributed by atoms with Crippen LogP contribution >= 0.6 is 15.9 Å². The zero-order valence-corrected chi connectivity index (χ0v) is 22.8. The Kier molecular flexibility index (Phi) is 7.91. The molecule has 0 unspecified atom stereocenters. The number of amides is 2. The van der Waals surface area contributed by atoms with Crippen LogP contribution in [0.2, 0.25) is 6.32 Å². The molecule has 198 valence electrons. The lowest BCUT2D eigenvalue weighted by atomic mass is 9.58. The number of imide groups is 1. The van der Waals surface area contributed by atoms with E-state index in [-0.39, 0.29) is 36.4 Å². The van der Waals surface area contributed by atoms with Gasteiger partial charge >= 0.3 is 7.12 Å². The summed E-state index contributed by atoms with van der Waals surface area (Å²) in [4.78, 5) is 28.3. The molecule has 1 aliphatic carbocycles. The fourth-order valence-electron chi connectivity index (χ4n) is 6.27. The summed E-state index contributed by atoms with van der Waals surface area (Å²) in [5, 5.41) is 31.3. The molecule has 5 rings (SSSR count). The number of hydrogen-bond acceptors (Lipinski definition) is 6. The van der Waals surface area contributed by atoms with E-state index in [0.29, 0.717) is 30.5 Å². The highest BCUT2D eigenvalue weighted by Crippen LogP contribution is 2.51. The Morgan fingerprint density at radius 3 is 2.63 bits per heavy atom. The molecule has 2 heterocycles. The Bertz CT molecular complexity index is 1300. The van der Waals surface area contributed by atoms with Gasteiger partial charge in [-0.05, 0) is 79.4 Å². The first-order valence-corrected chi connectivity index (χ1v) is 13.9. The molecule has 3 N–H and O–H groups in total. The molecule has 7 nitrogen and oxygen atoms in total. The minimum Gasteiger partial charge on any atom is -0.507 e. The van der Waals surface area contributed by atoms with Crippen LogP contribution < -0.4 is 4.90 Å². The van der Waals surface area contributed by atoms with E-state index in [1.807, 2.05) is 25.1 Å². The number of carbonyl (C=O) groups is 2. The summed E-state index contributed by atoms with van der Waals surface area (Å²) >= 11 is 3.45. The summed E-state index contributed by atoms with van der Waals surface area (Å²) in [5.41, 5.74) is 3.94. The van der Waals surface area contributed by atoms with Gasteiger partial charge in [-0.3, -0.25) is 14.5 Å². The number of phenols is 1. The SMILES string of the molecule is CC/C(=C\c1cc(Br)ccc1O)CC[C@H]1OB(O)C[C@H]2C1=C(CO)C[C@H]1C(=O)N(c3ccccc3)C(=O)[C@H]12. The Labute approximate surface area is 231 Å². The monoisotopic (exact) mass is 579 g/mol. The van der Waals surface area contributed by atoms with Gasteiger partial charge in [-0.2, -0.15) is 0 Å². The van der Waals surface area contributed by atoms with Crippen LogP contribution in [0.3, 0.4) is 0 Å². The average molecular weight is 580 g/mol. The van der Waals surface area contributed by atoms with Gasteiger partial charge in [-0.15, -0.1) is 0 Å². The summed E-state index contributed by atoms with van der Waals surface area (Å²) in [5.74, 6) is -1.84. The molecule has 0 bridgehead atoms. The summed E-state index contributed by atoms with van der Waals surface area (Å²) in [7, 11) is -1.07. The first kappa shape index (κ1) is 26.9. The van der Waals surface area contributed by atoms with Crippen molar-refractivity contribution >= 4 is 46.6 Å². The number of para-hydroxylation sites is 1. The lowest BCUT2D eigenvalue weighted by Crippen LogP contribution is -2.46. The third-order valence-corrected chi connectivity index (χ3v) is 8.54. The fourth-order valence-corrected chi connectivity index (χ4v) is 6.65. The standard InChI is InChI=1S/C29H31BBrNO6/c1-2-17(12-18-13-20(31)9-10-24(18)34)8-11-25-26-19(16-33)14-22-27(23(26)15-30(37)38-25)29(36)32(28(22)35)21-6-4-3-5-7-21/h3-7,9-10,12-13,22-23,25,27,33-34,37H,2,8,11,14-16H2,1H3/b17-12+/t22-,23+,25-,27-/m1/s1. The van der Waals surface area contributed by atoms with Crippen molar-refractivity contribution in [3.8, 4) is 5.75 Å². The molecule has 38 heavy (non-hydrogen) atoms. The lowest BCUT2D eigenvalue weighted by molar-refractivity contribution is -0.122. The third kappa shape index (κ3) is 5.00. The largest absolute Gasteiger partial charge is 0.507 e. The van der Waals surface area contributed by atoms with Crippen LogP contribution in [-0.2, 0) is 14.2 Å². The van der Waals surface area contributed by atoms with Crippen LogP contribution in [0.25, 0.3) is 6.08 Å². The number of rotatable bonds is 7. The minimum atomic E-state index is -1.07. The highest BCUT2D eigenvalue weighted by Gasteiger charge is 2.57. The second-order valence-electron chi connectivity index (χ2n) is 10.2. The Morgan fingerprint density at radius 2 is 1.92 bits per heavy atom. The molecule has 2 aliphatic heterocycles. The van der Waals surface area contributed by atoms with Gasteiger partial charge in [0.05, 0.1) is 30.2 Å². The zero-order chi connectivity index (χ0) is 27.0. The van der Waals surface area contributed by atoms with Crippen molar-refractivity contribution in [1.82, 2.24) is 0 Å². The summed E-state index contributed by atoms with van der Waals surface area (Å²) in [6, 6.07) is 14.2. The van der Waals surface area contributed by atoms with Crippen LogP contribution in [0.4, 0.5) is 5.69 Å². The van der Waals surface area contributed by atoms with Gasteiger partial charge in [0.25, 0.3) is 0 Å². The second-order valence-corrected chi connectivity index (χ2v) is 11.1. The number of fused-ring (bicyclic) bond motifs is 3. The highest BCUT2D eigenvalue weighted by atomic mass is 79.9. The predicted molar refractivity (Wildman–Crippen MR) is 149 cm³/mol. The van der Waals surface area contributed by atoms with Gasteiger partial charge in [0.2, 0.25) is 11.8 Å². The molecule has 2 saturated heterocycles. The number of aliphatic hydroxyl groups excluding tert-OH is 1. The number of hydrogen-bond donors (Lipinski definition) is 3. The number of benzene rings is 2. The van der Waals surface area contributed by atoms with Gasteiger partial charge < -0.3 is 19.9 Å². The van der Waals surface area contributed by atoms with E-state index in [0.717, 1.165) is 27.6 Å². The van der Waals surface area contributed by atoms with Crippen molar-refractivity contribution in [3.63, 3.8) is 0 Å². The Balaban J connectivity index is 1.42. The molecule has 2 aromatic rings. The van der Waals surface area contributed by atoms with Crippen LogP contribution in [0, 0.1) is 17.8 Å². The van der Waals surface area contributed by atoms with Crippen LogP contribution in [-0.4, -0.2) is 46.9 Å². The fraction of sp³-hybridized carbons (Fsp3) is 0.379. The van der Waals surface area contributed by atoms with Gasteiger partial charge in [0.1, 0.15) is 5.75 Å². The smallest absolute Gasteiger partial charge is 0.455 e. The highest BCUT2D eigenvalue weighted by molar-refractivity contribution is 9.10. The summed E-state index contributed by atoms with van der Waals surface area (Å²) < 4.78 is 6.86. The number of phenolic OH excluding ortho intramolecular Hbond substituents is 1. The zero-order valence-electron chi connectivity index (χ0n) is 21.2. The first-order valence-electron chi connectivity index (χ1n) is 13.1. The maximum atomic E-state index is 13.6. The van der Waals surface area contributed by atoms with E-state index in [9.17, 15) is 24.8 Å². The van der Waals surface area contributed by atoms with E-state index < -0.39 is 25.1 Å². The molecule has 2 aromatic carbocycles. The average Bonchev–Trinajstić information content (AvgIpc) is 3.17. The van der Waals surface area contributed by atoms with Crippen LogP contribution in [0.1, 0.15) is 38.2 Å². The molecule has 3 aliphatic rings. The van der Waals surface area contributed by atoms with E-state index in [1.165, 1.54) is 4.90 Å². The topological polar surface area (TPSA) is 107 Å². The van der Waals surface area contributed by atoms with Crippen molar-refractivity contribution in [2.45, 2.75) is 45.0 Å². The molecular weight excluding hydrogens is 549 g/mol. The van der Waals surface area contributed by atoms with E-state index in [2.05, 4.69) is 15.9 Å². The maximum absolute atomic E-state index is 13.6. The molecule has 4 atom stereocenters. The van der Waals surface area contributed by atoms with Crippen molar-refractivity contribution in [2.75, 3.05) is 11.5 Å². The van der Waals surface area contributed by atoms with Crippen molar-refractivity contribution < 1.29 is 29.5 Å². The van der Waals surface area contributed by atoms with Gasteiger partial charge in [0.15, 0.2) is 0 Å². The van der Waals surface area contributed by atoms with E-state index in [4.69, 9.17) is 4.65 Å². The number of carbonyl (C=O) groups excluding carboxylic acids is 2.